The van der Waals surface area contributed by atoms with Gasteiger partial charge in [0.05, 0.1) is 24.2 Å². The lowest BCUT2D eigenvalue weighted by Crippen LogP contribution is -2.24. The third-order valence-electron chi connectivity index (χ3n) is 3.00. The van der Waals surface area contributed by atoms with E-state index in [-0.39, 0.29) is 19.1 Å². The summed E-state index contributed by atoms with van der Waals surface area (Å²) >= 11 is 9.31. The van der Waals surface area contributed by atoms with Crippen molar-refractivity contribution in [3.63, 3.8) is 0 Å². The largest absolute Gasteiger partial charge is 0.493 e. The molecule has 0 bridgehead atoms. The molecule has 124 valence electrons. The van der Waals surface area contributed by atoms with Gasteiger partial charge in [0.2, 0.25) is 0 Å². The van der Waals surface area contributed by atoms with E-state index in [9.17, 15) is 4.79 Å². The molecule has 0 aromatic heterocycles. The number of methoxy groups -OCH3 is 1. The molecule has 0 saturated carbocycles. The average Bonchev–Trinajstić information content (AvgIpc) is 2.60. The van der Waals surface area contributed by atoms with Crippen molar-refractivity contribution >= 4 is 33.4 Å². The van der Waals surface area contributed by atoms with Gasteiger partial charge in [-0.05, 0) is 30.3 Å². The van der Waals surface area contributed by atoms with Crippen molar-refractivity contribution in [2.24, 2.45) is 0 Å². The number of carbonyl (C=O) groups excluding carboxylic acids is 1. The van der Waals surface area contributed by atoms with Crippen LogP contribution in [-0.2, 0) is 0 Å². The average molecular weight is 409 g/mol. The van der Waals surface area contributed by atoms with Gasteiger partial charge in [0.25, 0.3) is 5.91 Å². The number of benzene rings is 2. The molecule has 0 fully saturated rings. The molecular formula is C18H15BrClNO3. The van der Waals surface area contributed by atoms with Crippen LogP contribution in [0.2, 0.25) is 5.02 Å². The molecule has 0 radical (unpaired) electrons. The predicted molar refractivity (Wildman–Crippen MR) is 97.8 cm³/mol. The molecule has 6 heteroatoms. The highest BCUT2D eigenvalue weighted by Crippen LogP contribution is 2.25. The van der Waals surface area contributed by atoms with Crippen LogP contribution in [0, 0.1) is 11.8 Å². The molecule has 0 atom stereocenters. The number of ether oxygens (including phenoxy) is 2. The lowest BCUT2D eigenvalue weighted by molar-refractivity contribution is 0.0959. The van der Waals surface area contributed by atoms with Gasteiger partial charge >= 0.3 is 0 Å². The Morgan fingerprint density at radius 3 is 2.71 bits per heavy atom. The van der Waals surface area contributed by atoms with Crippen LogP contribution in [0.4, 0.5) is 0 Å². The molecule has 0 aliphatic carbocycles. The first kappa shape index (κ1) is 18.2. The maximum atomic E-state index is 12.0. The third kappa shape index (κ3) is 5.19. The fourth-order valence-electron chi connectivity index (χ4n) is 1.86. The summed E-state index contributed by atoms with van der Waals surface area (Å²) in [7, 11) is 1.58. The monoisotopic (exact) mass is 407 g/mol. The van der Waals surface area contributed by atoms with Gasteiger partial charge in [-0.15, -0.1) is 0 Å². The maximum absolute atomic E-state index is 12.0. The fraction of sp³-hybridized carbons (Fsp3) is 0.167. The molecule has 4 nitrogen and oxygen atoms in total. The van der Waals surface area contributed by atoms with E-state index in [2.05, 4.69) is 33.1 Å². The molecule has 2 rings (SSSR count). The van der Waals surface area contributed by atoms with E-state index < -0.39 is 0 Å². The second kappa shape index (κ2) is 9.21. The summed E-state index contributed by atoms with van der Waals surface area (Å²) in [5.41, 5.74) is 0.401. The van der Waals surface area contributed by atoms with Gasteiger partial charge in [-0.3, -0.25) is 4.79 Å². The van der Waals surface area contributed by atoms with Gasteiger partial charge in [0.15, 0.2) is 11.5 Å². The van der Waals surface area contributed by atoms with E-state index in [4.69, 9.17) is 21.1 Å². The first-order valence-corrected chi connectivity index (χ1v) is 8.23. The quantitative estimate of drug-likeness (QED) is 0.763. The first-order chi connectivity index (χ1) is 11.6. The van der Waals surface area contributed by atoms with Crippen molar-refractivity contribution in [1.29, 1.82) is 0 Å². The van der Waals surface area contributed by atoms with E-state index in [0.29, 0.717) is 22.1 Å². The number of carbonyl (C=O) groups is 1. The van der Waals surface area contributed by atoms with E-state index in [1.807, 2.05) is 18.2 Å². The summed E-state index contributed by atoms with van der Waals surface area (Å²) in [5, 5.41) is 3.08. The van der Waals surface area contributed by atoms with Crippen LogP contribution in [0.1, 0.15) is 10.4 Å². The third-order valence-corrected chi connectivity index (χ3v) is 3.83. The molecule has 0 aliphatic heterocycles. The lowest BCUT2D eigenvalue weighted by Gasteiger charge is -2.07. The zero-order chi connectivity index (χ0) is 17.4. The van der Waals surface area contributed by atoms with E-state index in [0.717, 1.165) is 4.47 Å². The molecule has 2 aromatic rings. The van der Waals surface area contributed by atoms with Crippen molar-refractivity contribution in [2.45, 2.75) is 0 Å². The van der Waals surface area contributed by atoms with Crippen LogP contribution in [0.5, 0.6) is 11.5 Å². The number of nitrogens with one attached hydrogen (secondary N) is 1. The maximum Gasteiger partial charge on any atom is 0.253 e. The highest BCUT2D eigenvalue weighted by atomic mass is 79.9. The predicted octanol–water partition coefficient (Wildman–Crippen LogP) is 3.92. The standard InChI is InChI=1S/C18H15BrClNO3/c1-23-16-6-2-3-7-17(16)24-11-5-4-10-21-18(22)14-12-13(19)8-9-15(14)20/h2-3,6-9,12H,10-11H2,1H3,(H,21,22). The molecular weight excluding hydrogens is 394 g/mol. The minimum Gasteiger partial charge on any atom is -0.493 e. The number of halogens is 2. The SMILES string of the molecule is COc1ccccc1OCC#CCNC(=O)c1cc(Br)ccc1Cl. The molecule has 0 saturated heterocycles. The molecule has 1 N–H and O–H groups in total. The number of hydrogen-bond donors (Lipinski definition) is 1. The highest BCUT2D eigenvalue weighted by molar-refractivity contribution is 9.10. The van der Waals surface area contributed by atoms with Crippen molar-refractivity contribution in [2.75, 3.05) is 20.3 Å². The van der Waals surface area contributed by atoms with Gasteiger partial charge in [0.1, 0.15) is 6.61 Å². The zero-order valence-corrected chi connectivity index (χ0v) is 15.3. The minimum absolute atomic E-state index is 0.202. The topological polar surface area (TPSA) is 47.6 Å². The normalized spacial score (nSPS) is 9.62. The van der Waals surface area contributed by atoms with E-state index in [1.165, 1.54) is 0 Å². The van der Waals surface area contributed by atoms with E-state index >= 15 is 0 Å². The Bertz CT molecular complexity index is 783. The summed E-state index contributed by atoms with van der Waals surface area (Å²) in [4.78, 5) is 12.0. The Hall–Kier alpha value is -2.16. The Kier molecular flexibility index (Phi) is 6.98. The van der Waals surface area contributed by atoms with Crippen molar-refractivity contribution in [1.82, 2.24) is 5.32 Å². The Morgan fingerprint density at radius 1 is 1.21 bits per heavy atom. The first-order valence-electron chi connectivity index (χ1n) is 7.06. The highest BCUT2D eigenvalue weighted by Gasteiger charge is 2.09. The molecule has 0 heterocycles. The van der Waals surface area contributed by atoms with Crippen molar-refractivity contribution in [3.8, 4) is 23.3 Å². The van der Waals surface area contributed by atoms with Gasteiger partial charge in [-0.2, -0.15) is 0 Å². The fourth-order valence-corrected chi connectivity index (χ4v) is 2.42. The smallest absolute Gasteiger partial charge is 0.253 e. The Labute approximate surface area is 154 Å². The molecule has 2 aromatic carbocycles. The second-order valence-electron chi connectivity index (χ2n) is 4.60. The zero-order valence-electron chi connectivity index (χ0n) is 12.9. The van der Waals surface area contributed by atoms with Gasteiger partial charge in [0, 0.05) is 4.47 Å². The molecule has 24 heavy (non-hydrogen) atoms. The van der Waals surface area contributed by atoms with Crippen LogP contribution >= 0.6 is 27.5 Å². The summed E-state index contributed by atoms with van der Waals surface area (Å²) in [6, 6.07) is 12.4. The van der Waals surface area contributed by atoms with E-state index in [1.54, 1.807) is 31.4 Å². The van der Waals surface area contributed by atoms with Crippen molar-refractivity contribution < 1.29 is 14.3 Å². The number of amides is 1. The van der Waals surface area contributed by atoms with Crippen LogP contribution in [0.15, 0.2) is 46.9 Å². The molecule has 1 amide bonds. The lowest BCUT2D eigenvalue weighted by atomic mass is 10.2. The van der Waals surface area contributed by atoms with Crippen LogP contribution in [-0.4, -0.2) is 26.2 Å². The minimum atomic E-state index is -0.277. The van der Waals surface area contributed by atoms with Crippen LogP contribution in [0.3, 0.4) is 0 Å². The summed E-state index contributed by atoms with van der Waals surface area (Å²) < 4.78 is 11.5. The van der Waals surface area contributed by atoms with Gasteiger partial charge in [-0.1, -0.05) is 51.5 Å². The molecule has 0 aliphatic rings. The van der Waals surface area contributed by atoms with Crippen molar-refractivity contribution in [3.05, 3.63) is 57.5 Å². The molecule has 0 spiro atoms. The number of rotatable bonds is 5. The Morgan fingerprint density at radius 2 is 1.96 bits per heavy atom. The van der Waals surface area contributed by atoms with Gasteiger partial charge < -0.3 is 14.8 Å². The Balaban J connectivity index is 1.81. The number of hydrogen-bond acceptors (Lipinski definition) is 3. The van der Waals surface area contributed by atoms with Crippen LogP contribution < -0.4 is 14.8 Å². The summed E-state index contributed by atoms with van der Waals surface area (Å²) in [6.07, 6.45) is 0. The number of para-hydroxylation sites is 2. The van der Waals surface area contributed by atoms with Gasteiger partial charge in [-0.25, -0.2) is 0 Å². The molecule has 0 unspecified atom stereocenters. The summed E-state index contributed by atoms with van der Waals surface area (Å²) in [5.74, 6) is 6.66. The second-order valence-corrected chi connectivity index (χ2v) is 5.92. The van der Waals surface area contributed by atoms with Crippen LogP contribution in [0.25, 0.3) is 0 Å². The summed E-state index contributed by atoms with van der Waals surface area (Å²) in [6.45, 7) is 0.408.